The number of amides is 2. The molecule has 3 aromatic rings. The van der Waals surface area contributed by atoms with Gasteiger partial charge >= 0.3 is 11.8 Å². The van der Waals surface area contributed by atoms with Crippen LogP contribution in [0.4, 0.5) is 5.69 Å². The number of hydrazone groups is 1. The summed E-state index contributed by atoms with van der Waals surface area (Å²) < 4.78 is 5.32. The number of fused-ring (bicyclic) bond motifs is 1. The molecule has 1 heterocycles. The van der Waals surface area contributed by atoms with Gasteiger partial charge in [0.1, 0.15) is 11.8 Å². The third-order valence-electron chi connectivity index (χ3n) is 3.38. The first-order valence-corrected chi connectivity index (χ1v) is 7.83. The van der Waals surface area contributed by atoms with Gasteiger partial charge < -0.3 is 9.73 Å². The van der Waals surface area contributed by atoms with Crippen molar-refractivity contribution in [3.05, 3.63) is 75.6 Å². The van der Waals surface area contributed by atoms with E-state index in [0.29, 0.717) is 21.7 Å². The van der Waals surface area contributed by atoms with Gasteiger partial charge in [0.25, 0.3) is 0 Å². The van der Waals surface area contributed by atoms with Crippen LogP contribution < -0.4 is 16.2 Å². The Morgan fingerprint density at radius 3 is 2.54 bits per heavy atom. The van der Waals surface area contributed by atoms with Crippen molar-refractivity contribution in [2.75, 3.05) is 5.32 Å². The topological polar surface area (TPSA) is 101 Å². The fourth-order valence-corrected chi connectivity index (χ4v) is 2.24. The molecule has 0 aliphatic carbocycles. The Bertz CT molecular complexity index is 1060. The minimum absolute atomic E-state index is 0.141. The lowest BCUT2D eigenvalue weighted by Crippen LogP contribution is -2.32. The van der Waals surface area contributed by atoms with E-state index in [1.54, 1.807) is 48.5 Å². The number of nitrogens with one attached hydrogen (secondary N) is 2. The number of halogens is 1. The molecule has 8 heteroatoms. The van der Waals surface area contributed by atoms with Crippen molar-refractivity contribution in [2.45, 2.75) is 0 Å². The number of benzene rings is 2. The third-order valence-corrected chi connectivity index (χ3v) is 3.64. The first-order valence-electron chi connectivity index (χ1n) is 7.45. The van der Waals surface area contributed by atoms with Gasteiger partial charge in [0.15, 0.2) is 0 Å². The van der Waals surface area contributed by atoms with Gasteiger partial charge in [-0.05, 0) is 36.4 Å². The summed E-state index contributed by atoms with van der Waals surface area (Å²) in [6.07, 6.45) is 2.35. The molecule has 0 bridgehead atoms. The van der Waals surface area contributed by atoms with E-state index < -0.39 is 11.8 Å². The minimum atomic E-state index is -0.985. The zero-order valence-corrected chi connectivity index (χ0v) is 14.0. The van der Waals surface area contributed by atoms with Gasteiger partial charge in [-0.25, -0.2) is 5.43 Å². The maximum atomic E-state index is 12.3. The molecule has 0 saturated heterocycles. The Labute approximate surface area is 152 Å². The number of anilines is 1. The highest BCUT2D eigenvalue weighted by Gasteiger charge is 2.13. The molecule has 2 N–H and O–H groups in total. The maximum absolute atomic E-state index is 12.3. The van der Waals surface area contributed by atoms with E-state index in [0.717, 1.165) is 6.21 Å². The third kappa shape index (κ3) is 3.96. The van der Waals surface area contributed by atoms with E-state index >= 15 is 0 Å². The fourth-order valence-electron chi connectivity index (χ4n) is 2.11. The molecule has 1 aromatic heterocycles. The summed E-state index contributed by atoms with van der Waals surface area (Å²) in [6, 6.07) is 13.0. The summed E-state index contributed by atoms with van der Waals surface area (Å²) in [5.41, 5.74) is 2.75. The predicted molar refractivity (Wildman–Crippen MR) is 98.3 cm³/mol. The molecule has 26 heavy (non-hydrogen) atoms. The number of carbonyl (C=O) groups excluding carboxylic acids is 2. The van der Waals surface area contributed by atoms with Crippen molar-refractivity contribution in [1.29, 1.82) is 0 Å². The molecule has 3 rings (SSSR count). The van der Waals surface area contributed by atoms with E-state index in [-0.39, 0.29) is 11.0 Å². The van der Waals surface area contributed by atoms with Gasteiger partial charge in [0, 0.05) is 10.7 Å². The van der Waals surface area contributed by atoms with Crippen LogP contribution in [0.25, 0.3) is 11.0 Å². The highest BCUT2D eigenvalue weighted by molar-refractivity contribution is 6.39. The molecule has 2 aromatic carbocycles. The smallest absolute Gasteiger partial charge is 0.329 e. The molecule has 2 amide bonds. The van der Waals surface area contributed by atoms with Gasteiger partial charge in [-0.15, -0.1) is 0 Å². The summed E-state index contributed by atoms with van der Waals surface area (Å²) in [5.74, 6) is -1.89. The van der Waals surface area contributed by atoms with Crippen LogP contribution in [0, 0.1) is 0 Å². The van der Waals surface area contributed by atoms with Gasteiger partial charge in [0.2, 0.25) is 5.43 Å². The van der Waals surface area contributed by atoms with Crippen LogP contribution in [-0.2, 0) is 9.59 Å². The lowest BCUT2D eigenvalue weighted by atomic mass is 10.2. The molecule has 0 aliphatic rings. The first-order chi connectivity index (χ1) is 12.5. The summed E-state index contributed by atoms with van der Waals surface area (Å²) >= 11 is 5.74. The Morgan fingerprint density at radius 1 is 1.04 bits per heavy atom. The Hall–Kier alpha value is -3.45. The summed E-state index contributed by atoms with van der Waals surface area (Å²) in [5, 5.41) is 6.91. The number of hydrogen-bond acceptors (Lipinski definition) is 5. The second-order valence-electron chi connectivity index (χ2n) is 5.18. The second kappa shape index (κ2) is 7.62. The lowest BCUT2D eigenvalue weighted by Gasteiger charge is -2.03. The monoisotopic (exact) mass is 369 g/mol. The highest BCUT2D eigenvalue weighted by Crippen LogP contribution is 2.13. The minimum Gasteiger partial charge on any atom is -0.463 e. The summed E-state index contributed by atoms with van der Waals surface area (Å²) in [7, 11) is 0. The largest absolute Gasteiger partial charge is 0.463 e. The predicted octanol–water partition coefficient (Wildman–Crippen LogP) is 2.54. The number of para-hydroxylation sites is 1. The van der Waals surface area contributed by atoms with Crippen LogP contribution in [0.3, 0.4) is 0 Å². The number of hydrogen-bond donors (Lipinski definition) is 2. The van der Waals surface area contributed by atoms with Crippen LogP contribution in [0.15, 0.2) is 69.1 Å². The average Bonchev–Trinajstić information content (AvgIpc) is 2.65. The SMILES string of the molecule is O=C(N/N=C\c1coc2ccccc2c1=O)C(=O)Nc1ccc(Cl)cc1. The molecule has 0 unspecified atom stereocenters. The van der Waals surface area contributed by atoms with Crippen LogP contribution in [0.1, 0.15) is 5.56 Å². The van der Waals surface area contributed by atoms with Crippen molar-refractivity contribution in [2.24, 2.45) is 5.10 Å². The van der Waals surface area contributed by atoms with Crippen LogP contribution in [0.5, 0.6) is 0 Å². The average molecular weight is 370 g/mol. The molecule has 0 aliphatic heterocycles. The van der Waals surface area contributed by atoms with Crippen LogP contribution in [-0.4, -0.2) is 18.0 Å². The van der Waals surface area contributed by atoms with Gasteiger partial charge in [-0.3, -0.25) is 14.4 Å². The zero-order valence-electron chi connectivity index (χ0n) is 13.2. The fraction of sp³-hybridized carbons (Fsp3) is 0. The Kier molecular flexibility index (Phi) is 5.09. The van der Waals surface area contributed by atoms with Gasteiger partial charge in [-0.2, -0.15) is 5.10 Å². The van der Waals surface area contributed by atoms with E-state index in [9.17, 15) is 14.4 Å². The molecular weight excluding hydrogens is 358 g/mol. The van der Waals surface area contributed by atoms with Crippen molar-refractivity contribution in [3.63, 3.8) is 0 Å². The van der Waals surface area contributed by atoms with Crippen LogP contribution >= 0.6 is 11.6 Å². The van der Waals surface area contributed by atoms with Crippen LogP contribution in [0.2, 0.25) is 5.02 Å². The molecule has 0 radical (unpaired) electrons. The van der Waals surface area contributed by atoms with Gasteiger partial charge in [0.05, 0.1) is 17.2 Å². The number of nitrogens with zero attached hydrogens (tertiary/aromatic N) is 1. The second-order valence-corrected chi connectivity index (χ2v) is 5.61. The zero-order chi connectivity index (χ0) is 18.5. The quantitative estimate of drug-likeness (QED) is 0.421. The normalized spacial score (nSPS) is 10.8. The van der Waals surface area contributed by atoms with Crippen molar-refractivity contribution in [3.8, 4) is 0 Å². The van der Waals surface area contributed by atoms with Crippen molar-refractivity contribution in [1.82, 2.24) is 5.43 Å². The van der Waals surface area contributed by atoms with E-state index in [2.05, 4.69) is 10.4 Å². The standard InChI is InChI=1S/C18H12ClN3O4/c19-12-5-7-13(8-6-12)21-17(24)18(25)22-20-9-11-10-26-15-4-2-1-3-14(15)16(11)23/h1-10H,(H,21,24)(H,22,25)/b20-9-. The van der Waals surface area contributed by atoms with E-state index in [1.807, 2.05) is 5.43 Å². The molecule has 7 nitrogen and oxygen atoms in total. The van der Waals surface area contributed by atoms with Crippen molar-refractivity contribution < 1.29 is 14.0 Å². The number of rotatable bonds is 3. The molecule has 0 fully saturated rings. The van der Waals surface area contributed by atoms with Crippen molar-refractivity contribution >= 4 is 46.3 Å². The van der Waals surface area contributed by atoms with Gasteiger partial charge in [-0.1, -0.05) is 23.7 Å². The Morgan fingerprint density at radius 2 is 1.77 bits per heavy atom. The van der Waals surface area contributed by atoms with E-state index in [1.165, 1.54) is 6.26 Å². The van der Waals surface area contributed by atoms with E-state index in [4.69, 9.17) is 16.0 Å². The Balaban J connectivity index is 1.65. The molecular formula is C18H12ClN3O4. The highest BCUT2D eigenvalue weighted by atomic mass is 35.5. The number of carbonyl (C=O) groups is 2. The lowest BCUT2D eigenvalue weighted by molar-refractivity contribution is -0.136. The maximum Gasteiger partial charge on any atom is 0.329 e. The summed E-state index contributed by atoms with van der Waals surface area (Å²) in [4.78, 5) is 35.8. The molecule has 130 valence electrons. The molecule has 0 spiro atoms. The molecule has 0 saturated carbocycles. The first kappa shape index (κ1) is 17.4. The summed E-state index contributed by atoms with van der Waals surface area (Å²) in [6.45, 7) is 0. The molecule has 0 atom stereocenters.